The summed E-state index contributed by atoms with van der Waals surface area (Å²) in [5, 5.41) is 9.60. The van der Waals surface area contributed by atoms with Crippen molar-refractivity contribution in [2.45, 2.75) is 0 Å². The van der Waals surface area contributed by atoms with Crippen LogP contribution in [0, 0.1) is 0 Å². The van der Waals surface area contributed by atoms with Crippen molar-refractivity contribution in [2.75, 3.05) is 0 Å². The van der Waals surface area contributed by atoms with E-state index in [4.69, 9.17) is 9.97 Å². The number of hydrogen-bond acceptors (Lipinski definition) is 4. The highest BCUT2D eigenvalue weighted by molar-refractivity contribution is 7.27. The number of fused-ring (bicyclic) bond motifs is 16. The lowest BCUT2D eigenvalue weighted by Gasteiger charge is -2.12. The molecule has 0 fully saturated rings. The molecule has 0 atom stereocenters. The van der Waals surface area contributed by atoms with E-state index in [1.165, 1.54) is 11.3 Å². The average molecular weight is 829 g/mol. The van der Waals surface area contributed by atoms with Crippen LogP contribution in [0.25, 0.3) is 129 Å². The number of rotatable bonds is 4. The number of aromatic nitrogens is 4. The first-order valence-electron chi connectivity index (χ1n) is 22.6. The summed E-state index contributed by atoms with van der Waals surface area (Å²) in [4.78, 5) is 10.5. The standard InChI is InChI=1S/C56H32N4S2/c1-2-14-35(15-3-1)59-44-22-10-6-16-37(44)43-32-34(28-31-46(43)59)56-57-51(55-52(58-56)42-21-9-13-25-48(42)62-55)33-26-29-36(30-27-33)60-45-23-11-7-19-40(45)49-38-17-4-5-18-39(38)50-41-20-8-12-24-47(41)61-54(50)53(49)60/h1-32H/i26D,27D,29D,30D. The van der Waals surface area contributed by atoms with Gasteiger partial charge in [0.15, 0.2) is 5.82 Å². The molecule has 14 aromatic rings. The molecule has 9 aromatic carbocycles. The van der Waals surface area contributed by atoms with Crippen LogP contribution in [0.5, 0.6) is 0 Å². The average Bonchev–Trinajstić information content (AvgIpc) is 4.12. The van der Waals surface area contributed by atoms with Crippen molar-refractivity contribution in [3.63, 3.8) is 0 Å². The minimum absolute atomic E-state index is 0.138. The van der Waals surface area contributed by atoms with Crippen molar-refractivity contribution < 1.29 is 5.48 Å². The molecule has 0 saturated carbocycles. The van der Waals surface area contributed by atoms with E-state index in [0.29, 0.717) is 21.7 Å². The number of hydrogen-bond donors (Lipinski definition) is 0. The normalized spacial score (nSPS) is 13.1. The highest BCUT2D eigenvalue weighted by Crippen LogP contribution is 2.48. The minimum Gasteiger partial charge on any atom is -0.309 e. The summed E-state index contributed by atoms with van der Waals surface area (Å²) in [7, 11) is 0. The van der Waals surface area contributed by atoms with E-state index >= 15 is 0 Å². The maximum absolute atomic E-state index is 9.95. The molecular formula is C56H32N4S2. The summed E-state index contributed by atoms with van der Waals surface area (Å²) in [5.74, 6) is 0.446. The highest BCUT2D eigenvalue weighted by Gasteiger charge is 2.23. The lowest BCUT2D eigenvalue weighted by molar-refractivity contribution is 1.18. The first-order chi connectivity index (χ1) is 32.4. The molecule has 62 heavy (non-hydrogen) atoms. The molecule has 0 N–H and O–H groups in total. The van der Waals surface area contributed by atoms with Gasteiger partial charge >= 0.3 is 0 Å². The summed E-state index contributed by atoms with van der Waals surface area (Å²) in [5.41, 5.74) is 7.13. The van der Waals surface area contributed by atoms with Gasteiger partial charge in [0, 0.05) is 69.6 Å². The number of benzene rings is 9. The molecule has 5 aromatic heterocycles. The van der Waals surface area contributed by atoms with Gasteiger partial charge in [-0.3, -0.25) is 0 Å². The Bertz CT molecular complexity index is 4380. The maximum Gasteiger partial charge on any atom is 0.160 e. The highest BCUT2D eigenvalue weighted by atomic mass is 32.1. The molecule has 0 aliphatic carbocycles. The van der Waals surface area contributed by atoms with Crippen LogP contribution in [0.1, 0.15) is 5.48 Å². The van der Waals surface area contributed by atoms with Gasteiger partial charge in [-0.1, -0.05) is 127 Å². The zero-order valence-corrected chi connectivity index (χ0v) is 34.4. The molecule has 5 heterocycles. The quantitative estimate of drug-likeness (QED) is 0.177. The van der Waals surface area contributed by atoms with E-state index in [1.54, 1.807) is 11.3 Å². The monoisotopic (exact) mass is 828 g/mol. The van der Waals surface area contributed by atoms with E-state index in [0.717, 1.165) is 95.9 Å². The van der Waals surface area contributed by atoms with Crippen LogP contribution in [0.3, 0.4) is 0 Å². The van der Waals surface area contributed by atoms with Crippen LogP contribution in [-0.2, 0) is 0 Å². The maximum atomic E-state index is 9.95. The molecule has 0 spiro atoms. The lowest BCUT2D eigenvalue weighted by Crippen LogP contribution is -1.96. The van der Waals surface area contributed by atoms with Crippen molar-refractivity contribution >= 4 is 118 Å². The first-order valence-corrected chi connectivity index (χ1v) is 22.2. The Morgan fingerprint density at radius 3 is 1.76 bits per heavy atom. The fourth-order valence-electron chi connectivity index (χ4n) is 9.75. The van der Waals surface area contributed by atoms with Crippen LogP contribution in [0.4, 0.5) is 0 Å². The molecule has 0 aliphatic rings. The second-order valence-electron chi connectivity index (χ2n) is 15.7. The molecule has 0 saturated heterocycles. The van der Waals surface area contributed by atoms with Gasteiger partial charge in [-0.05, 0) is 77.5 Å². The Morgan fingerprint density at radius 2 is 0.984 bits per heavy atom. The van der Waals surface area contributed by atoms with Gasteiger partial charge in [0.2, 0.25) is 0 Å². The number of thiophene rings is 2. The summed E-state index contributed by atoms with van der Waals surface area (Å²) >= 11 is 3.21. The Hall–Kier alpha value is -7.64. The second kappa shape index (κ2) is 12.9. The summed E-state index contributed by atoms with van der Waals surface area (Å²) < 4.78 is 47.9. The van der Waals surface area contributed by atoms with Crippen molar-refractivity contribution in [3.05, 3.63) is 194 Å². The van der Waals surface area contributed by atoms with Crippen LogP contribution in [-0.4, -0.2) is 19.1 Å². The van der Waals surface area contributed by atoms with E-state index in [1.807, 2.05) is 65.2 Å². The molecular weight excluding hydrogens is 793 g/mol. The SMILES string of the molecule is [2H]c1c([2H])c(-n2c3ccccc3c3c4ccccc4c4c5ccccc5sc4c32)c([2H])c([2H])c1-c1nc(-c2ccc3c(c2)c2ccccc2n3-c2ccccc2)nc2c1sc1ccccc12. The molecule has 6 heteroatoms. The Kier molecular flexibility index (Phi) is 6.34. The number of nitrogens with zero attached hydrogens (tertiary/aromatic N) is 4. The first kappa shape index (κ1) is 30.4. The Morgan fingerprint density at radius 1 is 0.403 bits per heavy atom. The van der Waals surface area contributed by atoms with Crippen LogP contribution in [0.15, 0.2) is 194 Å². The second-order valence-corrected chi connectivity index (χ2v) is 17.8. The largest absolute Gasteiger partial charge is 0.309 e. The van der Waals surface area contributed by atoms with Gasteiger partial charge < -0.3 is 9.13 Å². The topological polar surface area (TPSA) is 35.6 Å². The van der Waals surface area contributed by atoms with E-state index < -0.39 is 0 Å². The van der Waals surface area contributed by atoms with Gasteiger partial charge in [-0.2, -0.15) is 0 Å². The smallest absolute Gasteiger partial charge is 0.160 e. The van der Waals surface area contributed by atoms with Gasteiger partial charge in [-0.25, -0.2) is 9.97 Å². The molecule has 0 amide bonds. The number of para-hydroxylation sites is 3. The van der Waals surface area contributed by atoms with Crippen LogP contribution < -0.4 is 0 Å². The van der Waals surface area contributed by atoms with E-state index in [-0.39, 0.29) is 35.4 Å². The molecule has 14 rings (SSSR count). The van der Waals surface area contributed by atoms with Gasteiger partial charge in [0.1, 0.15) is 0 Å². The molecule has 0 radical (unpaired) electrons. The zero-order valence-electron chi connectivity index (χ0n) is 36.8. The van der Waals surface area contributed by atoms with Gasteiger partial charge in [0.05, 0.1) is 48.2 Å². The Labute approximate surface area is 368 Å². The Balaban J connectivity index is 1.05. The predicted molar refractivity (Wildman–Crippen MR) is 265 cm³/mol. The molecule has 0 bridgehead atoms. The van der Waals surface area contributed by atoms with Crippen LogP contribution in [0.2, 0.25) is 0 Å². The van der Waals surface area contributed by atoms with Crippen molar-refractivity contribution in [2.24, 2.45) is 0 Å². The van der Waals surface area contributed by atoms with E-state index in [9.17, 15) is 5.48 Å². The molecule has 0 unspecified atom stereocenters. The van der Waals surface area contributed by atoms with Crippen molar-refractivity contribution in [3.8, 4) is 34.0 Å². The summed E-state index contributed by atoms with van der Waals surface area (Å²) in [6, 6.07) is 57.5. The molecule has 4 nitrogen and oxygen atoms in total. The fraction of sp³-hybridized carbons (Fsp3) is 0. The summed E-state index contributed by atoms with van der Waals surface area (Å²) in [6.07, 6.45) is 0. The van der Waals surface area contributed by atoms with Crippen LogP contribution >= 0.6 is 22.7 Å². The van der Waals surface area contributed by atoms with E-state index in [2.05, 4.69) is 114 Å². The predicted octanol–water partition coefficient (Wildman–Crippen LogP) is 15.9. The van der Waals surface area contributed by atoms with Gasteiger partial charge in [0.25, 0.3) is 0 Å². The van der Waals surface area contributed by atoms with Crippen molar-refractivity contribution in [1.29, 1.82) is 0 Å². The molecule has 288 valence electrons. The third-order valence-corrected chi connectivity index (χ3v) is 14.7. The fourth-order valence-corrected chi connectivity index (χ4v) is 12.1. The molecule has 0 aliphatic heterocycles. The third-order valence-electron chi connectivity index (χ3n) is 12.4. The third kappa shape index (κ3) is 4.76. The summed E-state index contributed by atoms with van der Waals surface area (Å²) in [6.45, 7) is 0. The lowest BCUT2D eigenvalue weighted by atomic mass is 9.99. The minimum atomic E-state index is -0.157. The van der Waals surface area contributed by atoms with Gasteiger partial charge in [-0.15, -0.1) is 22.7 Å². The van der Waals surface area contributed by atoms with Crippen molar-refractivity contribution in [1.82, 2.24) is 19.1 Å². The zero-order chi connectivity index (χ0) is 43.9.